The van der Waals surface area contributed by atoms with E-state index in [2.05, 4.69) is 15.2 Å². The minimum atomic E-state index is -0.665. The molecule has 1 aliphatic carbocycles. The fourth-order valence-electron chi connectivity index (χ4n) is 3.86. The molecule has 2 heterocycles. The number of hydrogen-bond acceptors (Lipinski definition) is 6. The monoisotopic (exact) mass is 359 g/mol. The average molecular weight is 359 g/mol. The maximum absolute atomic E-state index is 12.5. The van der Waals surface area contributed by atoms with E-state index in [0.29, 0.717) is 18.1 Å². The van der Waals surface area contributed by atoms with Crippen molar-refractivity contribution in [3.05, 3.63) is 44.9 Å². The number of nitrogens with one attached hydrogen (secondary N) is 1. The molecule has 8 heteroatoms. The number of rotatable bonds is 6. The van der Waals surface area contributed by atoms with Gasteiger partial charge in [0.1, 0.15) is 5.65 Å². The van der Waals surface area contributed by atoms with Crippen molar-refractivity contribution in [2.45, 2.75) is 38.1 Å². The van der Waals surface area contributed by atoms with Gasteiger partial charge in [-0.25, -0.2) is 4.98 Å². The number of likely N-dealkylation sites (N-methyl/N-ethyl adjacent to an activating group) is 1. The molecule has 0 saturated heterocycles. The number of fused-ring (bicyclic) bond motifs is 1. The Morgan fingerprint density at radius 2 is 2.08 bits per heavy atom. The number of pyridine rings is 1. The van der Waals surface area contributed by atoms with Crippen LogP contribution >= 0.6 is 0 Å². The highest BCUT2D eigenvalue weighted by Crippen LogP contribution is 2.29. The summed E-state index contributed by atoms with van der Waals surface area (Å²) in [4.78, 5) is 29.8. The molecule has 0 bridgehead atoms. The first-order valence-electron chi connectivity index (χ1n) is 9.05. The van der Waals surface area contributed by atoms with Crippen LogP contribution < -0.4 is 10.9 Å². The zero-order valence-corrected chi connectivity index (χ0v) is 15.2. The molecule has 0 radical (unpaired) electrons. The minimum absolute atomic E-state index is 0.0499. The van der Waals surface area contributed by atoms with Crippen LogP contribution in [0.4, 0.5) is 11.5 Å². The molecule has 1 fully saturated rings. The normalized spacial score (nSPS) is 16.7. The van der Waals surface area contributed by atoms with Crippen molar-refractivity contribution in [3.8, 4) is 0 Å². The molecule has 0 amide bonds. The third-order valence-corrected chi connectivity index (χ3v) is 5.23. The molecule has 140 valence electrons. The quantitative estimate of drug-likeness (QED) is 0.629. The second-order valence-electron chi connectivity index (χ2n) is 7.11. The van der Waals surface area contributed by atoms with Gasteiger partial charge in [0.05, 0.1) is 4.92 Å². The van der Waals surface area contributed by atoms with E-state index in [1.165, 1.54) is 42.7 Å². The number of hydrogen-bond donors (Lipinski definition) is 1. The van der Waals surface area contributed by atoms with Gasteiger partial charge >= 0.3 is 11.2 Å². The second kappa shape index (κ2) is 7.82. The molecular formula is C18H25N5O3. The fraction of sp³-hybridized carbons (Fsp3) is 0.556. The summed E-state index contributed by atoms with van der Waals surface area (Å²) in [5.41, 5.74) is -0.776. The lowest BCUT2D eigenvalue weighted by Crippen LogP contribution is -2.42. The van der Waals surface area contributed by atoms with Crippen molar-refractivity contribution in [3.63, 3.8) is 0 Å². The maximum Gasteiger partial charge on any atom is 0.376 e. The molecule has 2 aromatic heterocycles. The number of nitro groups is 1. The Kier molecular flexibility index (Phi) is 5.51. The van der Waals surface area contributed by atoms with Gasteiger partial charge in [0.25, 0.3) is 0 Å². The predicted octanol–water partition coefficient (Wildman–Crippen LogP) is 2.53. The number of anilines is 1. The summed E-state index contributed by atoms with van der Waals surface area (Å²) >= 11 is 0. The molecule has 2 aromatic rings. The topological polar surface area (TPSA) is 92.8 Å². The van der Waals surface area contributed by atoms with Crippen LogP contribution in [0.2, 0.25) is 0 Å². The Hall–Kier alpha value is -2.48. The Morgan fingerprint density at radius 3 is 2.73 bits per heavy atom. The highest BCUT2D eigenvalue weighted by molar-refractivity contribution is 5.59. The van der Waals surface area contributed by atoms with Gasteiger partial charge in [-0.1, -0.05) is 25.3 Å². The van der Waals surface area contributed by atoms with Crippen LogP contribution in [0.25, 0.3) is 5.65 Å². The molecular weight excluding hydrogens is 334 g/mol. The molecule has 1 aliphatic rings. The van der Waals surface area contributed by atoms with Gasteiger partial charge < -0.3 is 10.2 Å². The van der Waals surface area contributed by atoms with Gasteiger partial charge in [0, 0.05) is 18.8 Å². The van der Waals surface area contributed by atoms with E-state index in [4.69, 9.17) is 0 Å². The van der Waals surface area contributed by atoms with Crippen LogP contribution in [0.1, 0.15) is 32.1 Å². The largest absolute Gasteiger partial charge is 0.376 e. The molecule has 0 aliphatic heterocycles. The summed E-state index contributed by atoms with van der Waals surface area (Å²) in [5, 5.41) is 14.6. The van der Waals surface area contributed by atoms with Gasteiger partial charge in [0.2, 0.25) is 5.82 Å². The molecule has 8 nitrogen and oxygen atoms in total. The first kappa shape index (κ1) is 18.3. The van der Waals surface area contributed by atoms with E-state index in [1.807, 2.05) is 14.1 Å². The van der Waals surface area contributed by atoms with Crippen LogP contribution in [0.5, 0.6) is 0 Å². The summed E-state index contributed by atoms with van der Waals surface area (Å²) in [6.07, 6.45) is 7.56. The SMILES string of the molecule is CN(C)C(CNc1nc2ccccn2c(=O)c1[N+](=O)[O-])C1CCCCC1. The standard InChI is InChI=1S/C18H25N5O3/c1-21(2)14(13-8-4-3-5-9-13)12-19-17-16(23(25)26)18(24)22-11-7-6-10-15(22)20-17/h6-7,10-11,13-14,19H,3-5,8-9,12H2,1-2H3. The van der Waals surface area contributed by atoms with E-state index in [9.17, 15) is 14.9 Å². The van der Waals surface area contributed by atoms with Crippen molar-refractivity contribution in [1.82, 2.24) is 14.3 Å². The molecule has 1 N–H and O–H groups in total. The summed E-state index contributed by atoms with van der Waals surface area (Å²) in [5.74, 6) is 0.598. The van der Waals surface area contributed by atoms with E-state index in [0.717, 1.165) is 0 Å². The third-order valence-electron chi connectivity index (χ3n) is 5.23. The van der Waals surface area contributed by atoms with Crippen LogP contribution in [0.3, 0.4) is 0 Å². The average Bonchev–Trinajstić information content (AvgIpc) is 2.62. The van der Waals surface area contributed by atoms with Crippen LogP contribution in [-0.2, 0) is 0 Å². The van der Waals surface area contributed by atoms with Crippen molar-refractivity contribution in [1.29, 1.82) is 0 Å². The van der Waals surface area contributed by atoms with Crippen LogP contribution in [0.15, 0.2) is 29.2 Å². The van der Waals surface area contributed by atoms with Crippen molar-refractivity contribution < 1.29 is 4.92 Å². The minimum Gasteiger partial charge on any atom is -0.363 e. The Bertz CT molecular complexity index is 842. The molecule has 1 atom stereocenters. The van der Waals surface area contributed by atoms with E-state index < -0.39 is 16.2 Å². The summed E-state index contributed by atoms with van der Waals surface area (Å²) in [6, 6.07) is 5.31. The molecule has 3 rings (SSSR count). The predicted molar refractivity (Wildman–Crippen MR) is 101 cm³/mol. The van der Waals surface area contributed by atoms with Crippen molar-refractivity contribution in [2.24, 2.45) is 5.92 Å². The first-order chi connectivity index (χ1) is 12.5. The Balaban J connectivity index is 1.90. The van der Waals surface area contributed by atoms with E-state index >= 15 is 0 Å². The smallest absolute Gasteiger partial charge is 0.363 e. The zero-order chi connectivity index (χ0) is 18.7. The summed E-state index contributed by atoms with van der Waals surface area (Å²) < 4.78 is 1.20. The lowest BCUT2D eigenvalue weighted by atomic mass is 9.83. The Labute approximate surface area is 152 Å². The van der Waals surface area contributed by atoms with Crippen molar-refractivity contribution >= 4 is 17.2 Å². The maximum atomic E-state index is 12.5. The van der Waals surface area contributed by atoms with Crippen LogP contribution in [-0.4, -0.2) is 45.9 Å². The highest BCUT2D eigenvalue weighted by atomic mass is 16.6. The molecule has 1 unspecified atom stereocenters. The molecule has 0 spiro atoms. The van der Waals surface area contributed by atoms with Gasteiger partial charge in [0.15, 0.2) is 0 Å². The molecule has 1 saturated carbocycles. The first-order valence-corrected chi connectivity index (χ1v) is 9.05. The number of nitrogens with zero attached hydrogens (tertiary/aromatic N) is 4. The van der Waals surface area contributed by atoms with Gasteiger partial charge in [-0.05, 0) is 45.0 Å². The number of aromatic nitrogens is 2. The summed E-state index contributed by atoms with van der Waals surface area (Å²) in [7, 11) is 4.05. The Morgan fingerprint density at radius 1 is 1.35 bits per heavy atom. The van der Waals surface area contributed by atoms with Gasteiger partial charge in [-0.15, -0.1) is 0 Å². The van der Waals surface area contributed by atoms with Gasteiger partial charge in [-0.2, -0.15) is 0 Å². The van der Waals surface area contributed by atoms with E-state index in [-0.39, 0.29) is 11.9 Å². The molecule has 26 heavy (non-hydrogen) atoms. The second-order valence-corrected chi connectivity index (χ2v) is 7.11. The van der Waals surface area contributed by atoms with Crippen LogP contribution in [0, 0.1) is 16.0 Å². The lowest BCUT2D eigenvalue weighted by molar-refractivity contribution is -0.385. The zero-order valence-electron chi connectivity index (χ0n) is 15.2. The molecule has 0 aromatic carbocycles. The third kappa shape index (κ3) is 3.70. The summed E-state index contributed by atoms with van der Waals surface area (Å²) in [6.45, 7) is 0.522. The van der Waals surface area contributed by atoms with E-state index in [1.54, 1.807) is 18.2 Å². The fourth-order valence-corrected chi connectivity index (χ4v) is 3.86. The van der Waals surface area contributed by atoms with Gasteiger partial charge in [-0.3, -0.25) is 19.3 Å². The van der Waals surface area contributed by atoms with Crippen molar-refractivity contribution in [2.75, 3.05) is 26.0 Å². The lowest BCUT2D eigenvalue weighted by Gasteiger charge is -2.35. The highest BCUT2D eigenvalue weighted by Gasteiger charge is 2.28.